The maximum Gasteiger partial charge on any atom is 0.339 e. The van der Waals surface area contributed by atoms with E-state index in [-0.39, 0.29) is 17.4 Å². The minimum absolute atomic E-state index is 0.0303. The summed E-state index contributed by atoms with van der Waals surface area (Å²) in [7, 11) is 1.29. The average molecular weight is 284 g/mol. The molecule has 0 aromatic heterocycles. The fourth-order valence-electron chi connectivity index (χ4n) is 1.77. The van der Waals surface area contributed by atoms with Crippen molar-refractivity contribution in [3.8, 4) is 0 Å². The predicted octanol–water partition coefficient (Wildman–Crippen LogP) is 3.50. The summed E-state index contributed by atoms with van der Waals surface area (Å²) < 4.78 is 4.63. The van der Waals surface area contributed by atoms with E-state index >= 15 is 0 Å². The van der Waals surface area contributed by atoms with Gasteiger partial charge >= 0.3 is 5.97 Å². The monoisotopic (exact) mass is 283 g/mol. The molecule has 0 heterocycles. The van der Waals surface area contributed by atoms with Crippen LogP contribution in [-0.2, 0) is 9.53 Å². The highest BCUT2D eigenvalue weighted by atomic mass is 35.5. The number of nitrogens with one attached hydrogen (secondary N) is 1. The van der Waals surface area contributed by atoms with E-state index in [1.165, 1.54) is 13.2 Å². The molecular weight excluding hydrogens is 266 g/mol. The number of benzene rings is 1. The standard InChI is InChI=1S/C14H18ClNO3/c1-4-9(5-2)13(17)16-10-6-7-12(15)11(8-10)14(18)19-3/h6-9H,4-5H2,1-3H3,(H,16,17). The van der Waals surface area contributed by atoms with Gasteiger partial charge in [-0.15, -0.1) is 0 Å². The Balaban J connectivity index is 2.91. The van der Waals surface area contributed by atoms with Crippen molar-refractivity contribution in [2.75, 3.05) is 12.4 Å². The highest BCUT2D eigenvalue weighted by Crippen LogP contribution is 2.22. The van der Waals surface area contributed by atoms with E-state index in [1.807, 2.05) is 13.8 Å². The highest BCUT2D eigenvalue weighted by molar-refractivity contribution is 6.33. The van der Waals surface area contributed by atoms with E-state index in [0.29, 0.717) is 10.7 Å². The van der Waals surface area contributed by atoms with Crippen LogP contribution in [0.1, 0.15) is 37.0 Å². The summed E-state index contributed by atoms with van der Waals surface area (Å²) in [6, 6.07) is 4.75. The molecule has 19 heavy (non-hydrogen) atoms. The van der Waals surface area contributed by atoms with Gasteiger partial charge in [0.25, 0.3) is 0 Å². The summed E-state index contributed by atoms with van der Waals surface area (Å²) in [5.74, 6) is -0.607. The van der Waals surface area contributed by atoms with Crippen molar-refractivity contribution in [3.05, 3.63) is 28.8 Å². The first-order valence-electron chi connectivity index (χ1n) is 6.22. The molecule has 0 unspecified atom stereocenters. The van der Waals surface area contributed by atoms with Crippen LogP contribution in [0, 0.1) is 5.92 Å². The molecule has 5 heteroatoms. The Morgan fingerprint density at radius 2 is 1.95 bits per heavy atom. The molecule has 0 bridgehead atoms. The Morgan fingerprint density at radius 3 is 2.47 bits per heavy atom. The lowest BCUT2D eigenvalue weighted by atomic mass is 10.0. The minimum atomic E-state index is -0.524. The molecular formula is C14H18ClNO3. The number of esters is 1. The van der Waals surface area contributed by atoms with Crippen LogP contribution in [0.2, 0.25) is 5.02 Å². The Morgan fingerprint density at radius 1 is 1.32 bits per heavy atom. The Hall–Kier alpha value is -1.55. The Kier molecular flexibility index (Phi) is 5.83. The first-order chi connectivity index (χ1) is 9.03. The van der Waals surface area contributed by atoms with Crippen LogP contribution in [0.3, 0.4) is 0 Å². The van der Waals surface area contributed by atoms with Gasteiger partial charge in [0.15, 0.2) is 0 Å². The van der Waals surface area contributed by atoms with Gasteiger partial charge in [0.2, 0.25) is 5.91 Å². The molecule has 1 aromatic carbocycles. The topological polar surface area (TPSA) is 55.4 Å². The molecule has 0 spiro atoms. The zero-order chi connectivity index (χ0) is 14.4. The lowest BCUT2D eigenvalue weighted by Gasteiger charge is -2.13. The number of rotatable bonds is 5. The maximum atomic E-state index is 12.0. The molecule has 104 valence electrons. The van der Waals surface area contributed by atoms with Crippen LogP contribution in [0.5, 0.6) is 0 Å². The fourth-order valence-corrected chi connectivity index (χ4v) is 1.97. The number of carbonyl (C=O) groups is 2. The normalized spacial score (nSPS) is 10.4. The van der Waals surface area contributed by atoms with Gasteiger partial charge in [0, 0.05) is 11.6 Å². The van der Waals surface area contributed by atoms with Crippen molar-refractivity contribution < 1.29 is 14.3 Å². The molecule has 0 aliphatic carbocycles. The van der Waals surface area contributed by atoms with E-state index in [9.17, 15) is 9.59 Å². The molecule has 1 amide bonds. The molecule has 1 rings (SSSR count). The van der Waals surface area contributed by atoms with E-state index in [2.05, 4.69) is 10.1 Å². The van der Waals surface area contributed by atoms with Gasteiger partial charge < -0.3 is 10.1 Å². The third-order valence-corrected chi connectivity index (χ3v) is 3.33. The second-order valence-corrected chi connectivity index (χ2v) is 4.60. The number of methoxy groups -OCH3 is 1. The molecule has 0 radical (unpaired) electrons. The Bertz CT molecular complexity index is 470. The number of anilines is 1. The van der Waals surface area contributed by atoms with E-state index in [1.54, 1.807) is 12.1 Å². The molecule has 0 saturated heterocycles. The van der Waals surface area contributed by atoms with Crippen LogP contribution in [0.25, 0.3) is 0 Å². The molecule has 0 fully saturated rings. The average Bonchev–Trinajstić information content (AvgIpc) is 2.41. The molecule has 1 N–H and O–H groups in total. The highest BCUT2D eigenvalue weighted by Gasteiger charge is 2.16. The zero-order valence-electron chi connectivity index (χ0n) is 11.3. The van der Waals surface area contributed by atoms with Crippen molar-refractivity contribution in [1.29, 1.82) is 0 Å². The van der Waals surface area contributed by atoms with Crippen LogP contribution in [0.4, 0.5) is 5.69 Å². The summed E-state index contributed by atoms with van der Waals surface area (Å²) in [6.45, 7) is 3.94. The van der Waals surface area contributed by atoms with Crippen molar-refractivity contribution in [2.45, 2.75) is 26.7 Å². The number of halogens is 1. The summed E-state index contributed by atoms with van der Waals surface area (Å²) in [5, 5.41) is 3.08. The molecule has 0 saturated carbocycles. The fraction of sp³-hybridized carbons (Fsp3) is 0.429. The van der Waals surface area contributed by atoms with E-state index in [4.69, 9.17) is 11.6 Å². The summed E-state index contributed by atoms with van der Waals surface area (Å²) in [5.41, 5.74) is 0.785. The Labute approximate surface area is 118 Å². The van der Waals surface area contributed by atoms with Gasteiger partial charge in [0.05, 0.1) is 17.7 Å². The number of amides is 1. The van der Waals surface area contributed by atoms with Crippen LogP contribution in [0.15, 0.2) is 18.2 Å². The predicted molar refractivity (Wildman–Crippen MR) is 75.5 cm³/mol. The number of hydrogen-bond donors (Lipinski definition) is 1. The van der Waals surface area contributed by atoms with Gasteiger partial charge in [-0.1, -0.05) is 25.4 Å². The van der Waals surface area contributed by atoms with Crippen molar-refractivity contribution in [3.63, 3.8) is 0 Å². The largest absolute Gasteiger partial charge is 0.465 e. The first kappa shape index (κ1) is 15.5. The minimum Gasteiger partial charge on any atom is -0.465 e. The van der Waals surface area contributed by atoms with E-state index in [0.717, 1.165) is 12.8 Å². The van der Waals surface area contributed by atoms with Crippen LogP contribution in [-0.4, -0.2) is 19.0 Å². The zero-order valence-corrected chi connectivity index (χ0v) is 12.1. The van der Waals surface area contributed by atoms with Gasteiger partial charge in [-0.25, -0.2) is 4.79 Å². The number of carbonyl (C=O) groups excluding carboxylic acids is 2. The van der Waals surface area contributed by atoms with Gasteiger partial charge in [0.1, 0.15) is 0 Å². The molecule has 0 aliphatic heterocycles. The number of ether oxygens (including phenoxy) is 1. The lowest BCUT2D eigenvalue weighted by molar-refractivity contribution is -0.120. The van der Waals surface area contributed by atoms with Crippen LogP contribution < -0.4 is 5.32 Å². The van der Waals surface area contributed by atoms with Gasteiger partial charge in [-0.05, 0) is 31.0 Å². The maximum absolute atomic E-state index is 12.0. The van der Waals surface area contributed by atoms with Crippen molar-refractivity contribution in [2.24, 2.45) is 5.92 Å². The van der Waals surface area contributed by atoms with E-state index < -0.39 is 5.97 Å². The quantitative estimate of drug-likeness (QED) is 0.842. The summed E-state index contributed by atoms with van der Waals surface area (Å²) in [6.07, 6.45) is 1.56. The SMILES string of the molecule is CCC(CC)C(=O)Nc1ccc(Cl)c(C(=O)OC)c1. The lowest BCUT2D eigenvalue weighted by Crippen LogP contribution is -2.21. The van der Waals surface area contributed by atoms with Crippen molar-refractivity contribution in [1.82, 2.24) is 0 Å². The molecule has 0 atom stereocenters. The third kappa shape index (κ3) is 3.96. The molecule has 0 aliphatic rings. The van der Waals surface area contributed by atoms with Crippen molar-refractivity contribution >= 4 is 29.2 Å². The second-order valence-electron chi connectivity index (χ2n) is 4.19. The molecule has 4 nitrogen and oxygen atoms in total. The van der Waals surface area contributed by atoms with Gasteiger partial charge in [-0.3, -0.25) is 4.79 Å². The van der Waals surface area contributed by atoms with Crippen LogP contribution >= 0.6 is 11.6 Å². The second kappa shape index (κ2) is 7.14. The third-order valence-electron chi connectivity index (χ3n) is 3.00. The first-order valence-corrected chi connectivity index (χ1v) is 6.59. The summed E-state index contributed by atoms with van der Waals surface area (Å²) in [4.78, 5) is 23.4. The smallest absolute Gasteiger partial charge is 0.339 e. The summed E-state index contributed by atoms with van der Waals surface area (Å²) >= 11 is 5.91. The molecule has 1 aromatic rings. The van der Waals surface area contributed by atoms with Gasteiger partial charge in [-0.2, -0.15) is 0 Å². The number of hydrogen-bond acceptors (Lipinski definition) is 3.